The Balaban J connectivity index is 2.69. The number of aromatic nitrogens is 1. The topological polar surface area (TPSA) is 61.1 Å². The molecule has 0 amide bonds. The van der Waals surface area contributed by atoms with E-state index in [2.05, 4.69) is 0 Å². The van der Waals surface area contributed by atoms with E-state index >= 15 is 0 Å². The summed E-state index contributed by atoms with van der Waals surface area (Å²) >= 11 is 1.43. The Morgan fingerprint density at radius 3 is 2.80 bits per heavy atom. The zero-order chi connectivity index (χ0) is 11.1. The van der Waals surface area contributed by atoms with Crippen molar-refractivity contribution >= 4 is 31.7 Å². The molecule has 1 aromatic heterocycles. The van der Waals surface area contributed by atoms with Crippen LogP contribution in [0.4, 0.5) is 0 Å². The van der Waals surface area contributed by atoms with Crippen LogP contribution in [0.3, 0.4) is 0 Å². The number of fused-ring (bicyclic) bond motifs is 1. The molecule has 0 aliphatic rings. The van der Waals surface area contributed by atoms with Crippen LogP contribution < -0.4 is 4.57 Å². The van der Waals surface area contributed by atoms with Gasteiger partial charge < -0.3 is 4.55 Å². The van der Waals surface area contributed by atoms with Gasteiger partial charge in [-0.15, -0.1) is 0 Å². The first-order chi connectivity index (χ1) is 7.02. The first-order valence-corrected chi connectivity index (χ1v) is 6.68. The molecule has 0 aliphatic carbocycles. The van der Waals surface area contributed by atoms with Gasteiger partial charge in [-0.05, 0) is 19.1 Å². The van der Waals surface area contributed by atoms with Crippen LogP contribution in [0.1, 0.15) is 6.92 Å². The molecule has 0 spiro atoms. The van der Waals surface area contributed by atoms with E-state index < -0.39 is 10.1 Å². The Hall–Kier alpha value is -0.980. The zero-order valence-corrected chi connectivity index (χ0v) is 9.64. The Bertz CT molecular complexity index is 601. The minimum atomic E-state index is -4.34. The summed E-state index contributed by atoms with van der Waals surface area (Å²) in [5.41, 5.74) is 2.86. The molecule has 80 valence electrons. The lowest BCUT2D eigenvalue weighted by atomic mass is 10.3. The van der Waals surface area contributed by atoms with Crippen LogP contribution >= 0.6 is 11.3 Å². The molecule has 0 bridgehead atoms. The average molecular weight is 243 g/mol. The van der Waals surface area contributed by atoms with Crippen molar-refractivity contribution < 1.29 is 17.5 Å². The fourth-order valence-corrected chi connectivity index (χ4v) is 2.98. The van der Waals surface area contributed by atoms with E-state index in [9.17, 15) is 13.0 Å². The third-order valence-electron chi connectivity index (χ3n) is 2.18. The van der Waals surface area contributed by atoms with Gasteiger partial charge in [-0.25, -0.2) is 8.42 Å². The van der Waals surface area contributed by atoms with Gasteiger partial charge in [0.05, 0.1) is 4.90 Å². The standard InChI is InChI=1S/C9H9NO3S2/c1-2-10-6-14-9-5-7(15(11,12)13)3-4-8(9)10/h3-6H,2H2,1H3. The number of thiazole rings is 1. The SMILES string of the molecule is CC[n+]1csc2cc(S(=O)(=O)[O-])ccc21. The van der Waals surface area contributed by atoms with E-state index in [-0.39, 0.29) is 4.90 Å². The molecule has 6 heteroatoms. The van der Waals surface area contributed by atoms with Gasteiger partial charge in [0.1, 0.15) is 21.4 Å². The van der Waals surface area contributed by atoms with Crippen LogP contribution in [0.15, 0.2) is 28.6 Å². The molecule has 2 aromatic rings. The lowest BCUT2D eigenvalue weighted by Crippen LogP contribution is -2.29. The van der Waals surface area contributed by atoms with Gasteiger partial charge in [0.15, 0.2) is 0 Å². The van der Waals surface area contributed by atoms with Crippen molar-refractivity contribution in [3.63, 3.8) is 0 Å². The van der Waals surface area contributed by atoms with Crippen molar-refractivity contribution in [1.29, 1.82) is 0 Å². The highest BCUT2D eigenvalue weighted by atomic mass is 32.2. The van der Waals surface area contributed by atoms with E-state index in [4.69, 9.17) is 0 Å². The highest BCUT2D eigenvalue weighted by Gasteiger charge is 2.11. The summed E-state index contributed by atoms with van der Waals surface area (Å²) < 4.78 is 35.2. The number of hydrogen-bond donors (Lipinski definition) is 0. The summed E-state index contributed by atoms with van der Waals surface area (Å²) in [6.07, 6.45) is 0. The van der Waals surface area contributed by atoms with Crippen molar-refractivity contribution in [2.24, 2.45) is 0 Å². The maximum Gasteiger partial charge on any atom is 0.225 e. The predicted molar refractivity (Wildman–Crippen MR) is 55.7 cm³/mol. The quantitative estimate of drug-likeness (QED) is 0.586. The monoisotopic (exact) mass is 243 g/mol. The van der Waals surface area contributed by atoms with Crippen molar-refractivity contribution in [2.75, 3.05) is 0 Å². The van der Waals surface area contributed by atoms with Crippen molar-refractivity contribution in [1.82, 2.24) is 0 Å². The summed E-state index contributed by atoms with van der Waals surface area (Å²) in [4.78, 5) is -0.167. The number of benzene rings is 1. The first kappa shape index (κ1) is 10.5. The van der Waals surface area contributed by atoms with E-state index in [1.165, 1.54) is 23.5 Å². The minimum absolute atomic E-state index is 0.167. The van der Waals surface area contributed by atoms with Crippen molar-refractivity contribution in [2.45, 2.75) is 18.4 Å². The molecule has 4 nitrogen and oxygen atoms in total. The van der Waals surface area contributed by atoms with Crippen molar-refractivity contribution in [3.05, 3.63) is 23.7 Å². The first-order valence-electron chi connectivity index (χ1n) is 4.39. The second-order valence-electron chi connectivity index (χ2n) is 3.09. The van der Waals surface area contributed by atoms with E-state index in [0.717, 1.165) is 16.8 Å². The Labute approximate surface area is 91.5 Å². The van der Waals surface area contributed by atoms with Crippen LogP contribution in [-0.2, 0) is 16.7 Å². The molecule has 0 saturated carbocycles. The Morgan fingerprint density at radius 2 is 2.20 bits per heavy atom. The normalized spacial score (nSPS) is 12.1. The highest BCUT2D eigenvalue weighted by Crippen LogP contribution is 2.20. The minimum Gasteiger partial charge on any atom is -0.744 e. The van der Waals surface area contributed by atoms with Gasteiger partial charge >= 0.3 is 0 Å². The molecule has 0 saturated heterocycles. The van der Waals surface area contributed by atoms with Crippen LogP contribution in [0, 0.1) is 0 Å². The molecular weight excluding hydrogens is 234 g/mol. The lowest BCUT2D eigenvalue weighted by molar-refractivity contribution is -0.663. The van der Waals surface area contributed by atoms with E-state index in [1.807, 2.05) is 17.0 Å². The summed E-state index contributed by atoms with van der Waals surface area (Å²) in [5.74, 6) is 0. The van der Waals surface area contributed by atoms with Gasteiger partial charge in [0.2, 0.25) is 11.0 Å². The fraction of sp³-hybridized carbons (Fsp3) is 0.222. The molecule has 15 heavy (non-hydrogen) atoms. The highest BCUT2D eigenvalue weighted by molar-refractivity contribution is 7.85. The van der Waals surface area contributed by atoms with Crippen LogP contribution in [-0.4, -0.2) is 13.0 Å². The number of rotatable bonds is 2. The largest absolute Gasteiger partial charge is 0.744 e. The average Bonchev–Trinajstić information content (AvgIpc) is 2.58. The molecule has 0 radical (unpaired) electrons. The van der Waals surface area contributed by atoms with Gasteiger partial charge in [-0.1, -0.05) is 11.3 Å². The van der Waals surface area contributed by atoms with Gasteiger partial charge in [-0.2, -0.15) is 4.57 Å². The van der Waals surface area contributed by atoms with Gasteiger partial charge in [-0.3, -0.25) is 0 Å². The van der Waals surface area contributed by atoms with Crippen LogP contribution in [0.2, 0.25) is 0 Å². The summed E-state index contributed by atoms with van der Waals surface area (Å²) in [7, 11) is -4.34. The maximum absolute atomic E-state index is 10.8. The Morgan fingerprint density at radius 1 is 1.47 bits per heavy atom. The zero-order valence-electron chi connectivity index (χ0n) is 8.00. The summed E-state index contributed by atoms with van der Waals surface area (Å²) in [6.45, 7) is 2.83. The Kier molecular flexibility index (Phi) is 2.49. The number of aryl methyl sites for hydroxylation is 1. The summed E-state index contributed by atoms with van der Waals surface area (Å²) in [6, 6.07) is 4.44. The van der Waals surface area contributed by atoms with Gasteiger partial charge in [0, 0.05) is 6.07 Å². The second-order valence-corrected chi connectivity index (χ2v) is 5.36. The lowest BCUT2D eigenvalue weighted by Gasteiger charge is -2.04. The molecule has 0 N–H and O–H groups in total. The number of hydrogen-bond acceptors (Lipinski definition) is 4. The third-order valence-corrected chi connectivity index (χ3v) is 3.95. The predicted octanol–water partition coefficient (Wildman–Crippen LogP) is 1.11. The van der Waals surface area contributed by atoms with Crippen LogP contribution in [0.25, 0.3) is 10.2 Å². The van der Waals surface area contributed by atoms with Crippen molar-refractivity contribution in [3.8, 4) is 0 Å². The molecule has 0 fully saturated rings. The molecular formula is C9H9NO3S2. The van der Waals surface area contributed by atoms with E-state index in [0.29, 0.717) is 0 Å². The third kappa shape index (κ3) is 1.88. The molecule has 1 heterocycles. The van der Waals surface area contributed by atoms with Gasteiger partial charge in [0.25, 0.3) is 0 Å². The maximum atomic E-state index is 10.8. The molecule has 0 aliphatic heterocycles. The smallest absolute Gasteiger partial charge is 0.225 e. The molecule has 0 unspecified atom stereocenters. The molecule has 0 atom stereocenters. The number of nitrogens with zero attached hydrogens (tertiary/aromatic N) is 1. The van der Waals surface area contributed by atoms with E-state index in [1.54, 1.807) is 6.07 Å². The molecule has 2 rings (SSSR count). The molecule has 1 aromatic carbocycles. The second kappa shape index (κ2) is 3.55. The van der Waals surface area contributed by atoms with Crippen LogP contribution in [0.5, 0.6) is 0 Å². The fourth-order valence-electron chi connectivity index (χ4n) is 1.40. The summed E-state index contributed by atoms with van der Waals surface area (Å²) in [5, 5.41) is 0.